The van der Waals surface area contributed by atoms with Crippen LogP contribution in [0.4, 0.5) is 0 Å². The zero-order valence-electron chi connectivity index (χ0n) is 15.1. The first-order chi connectivity index (χ1) is 12.3. The van der Waals surface area contributed by atoms with Crippen molar-refractivity contribution in [1.29, 1.82) is 0 Å². The van der Waals surface area contributed by atoms with Crippen LogP contribution in [0.2, 0.25) is 0 Å². The number of aromatic nitrogens is 3. The van der Waals surface area contributed by atoms with E-state index in [4.69, 9.17) is 4.42 Å². The lowest BCUT2D eigenvalue weighted by atomic mass is 9.91. The zero-order valence-corrected chi connectivity index (χ0v) is 15.1. The molecule has 26 heavy (non-hydrogen) atoms. The Balaban J connectivity index is 1.57. The highest BCUT2D eigenvalue weighted by molar-refractivity contribution is 5.92. The minimum absolute atomic E-state index is 0.125. The molecular weight excluding hydrogens is 332 g/mol. The van der Waals surface area contributed by atoms with Gasteiger partial charge in [-0.15, -0.1) is 0 Å². The van der Waals surface area contributed by atoms with E-state index in [0.29, 0.717) is 31.0 Å². The van der Waals surface area contributed by atoms with Crippen molar-refractivity contribution in [3.8, 4) is 0 Å². The Kier molecular flexibility index (Phi) is 4.88. The third-order valence-electron chi connectivity index (χ3n) is 3.98. The number of nitrogens with zero attached hydrogens (tertiary/aromatic N) is 2. The molecular formula is C19H22N4O3. The highest BCUT2D eigenvalue weighted by atomic mass is 16.3. The Labute approximate surface area is 150 Å². The lowest BCUT2D eigenvalue weighted by Crippen LogP contribution is -2.30. The number of amides is 1. The predicted molar refractivity (Wildman–Crippen MR) is 98.2 cm³/mol. The van der Waals surface area contributed by atoms with Gasteiger partial charge in [0.15, 0.2) is 11.5 Å². The van der Waals surface area contributed by atoms with Gasteiger partial charge in [0.05, 0.1) is 0 Å². The van der Waals surface area contributed by atoms with Gasteiger partial charge < -0.3 is 14.7 Å². The Morgan fingerprint density at radius 1 is 1.23 bits per heavy atom. The summed E-state index contributed by atoms with van der Waals surface area (Å²) in [6.07, 6.45) is 1.29. The van der Waals surface area contributed by atoms with Gasteiger partial charge in [-0.1, -0.05) is 32.9 Å². The normalized spacial score (nSPS) is 11.7. The molecule has 0 saturated heterocycles. The third kappa shape index (κ3) is 4.17. The summed E-state index contributed by atoms with van der Waals surface area (Å²) in [6.45, 7) is 6.32. The van der Waals surface area contributed by atoms with Crippen molar-refractivity contribution >= 4 is 17.0 Å². The molecule has 2 N–H and O–H groups in total. The molecule has 0 saturated carbocycles. The summed E-state index contributed by atoms with van der Waals surface area (Å²) in [4.78, 5) is 34.8. The number of aryl methyl sites for hydroxylation is 1. The van der Waals surface area contributed by atoms with Crippen LogP contribution in [0.25, 0.3) is 11.1 Å². The van der Waals surface area contributed by atoms with Crippen molar-refractivity contribution in [2.45, 2.75) is 39.0 Å². The number of H-pyrrole nitrogens is 1. The number of nitrogens with one attached hydrogen (secondary N) is 2. The standard InChI is InChI=1S/C19H22N4O3/c1-19(2,3)15-11-13(22-18(25)23-15)17(24)20-10-6-9-16-21-12-7-4-5-8-14(12)26-16/h4-5,7-8,11H,6,9-10H2,1-3H3,(H,20,24)(H,22,23,25). The Morgan fingerprint density at radius 2 is 2.00 bits per heavy atom. The van der Waals surface area contributed by atoms with Crippen LogP contribution < -0.4 is 11.0 Å². The summed E-state index contributed by atoms with van der Waals surface area (Å²) in [7, 11) is 0. The molecule has 7 heteroatoms. The second kappa shape index (κ2) is 7.11. The van der Waals surface area contributed by atoms with Gasteiger partial charge in [0.25, 0.3) is 5.91 Å². The third-order valence-corrected chi connectivity index (χ3v) is 3.98. The lowest BCUT2D eigenvalue weighted by Gasteiger charge is -2.18. The van der Waals surface area contributed by atoms with Crippen LogP contribution in [-0.4, -0.2) is 27.4 Å². The summed E-state index contributed by atoms with van der Waals surface area (Å²) in [5.74, 6) is 0.281. The molecule has 0 fully saturated rings. The molecule has 3 rings (SSSR count). The van der Waals surface area contributed by atoms with Gasteiger partial charge in [-0.3, -0.25) is 4.79 Å². The number of rotatable bonds is 5. The Bertz CT molecular complexity index is 949. The topological polar surface area (TPSA) is 101 Å². The first kappa shape index (κ1) is 17.8. The first-order valence-corrected chi connectivity index (χ1v) is 8.57. The number of benzene rings is 1. The summed E-state index contributed by atoms with van der Waals surface area (Å²) in [5.41, 5.74) is 1.59. The van der Waals surface area contributed by atoms with Crippen LogP contribution in [0.15, 0.2) is 39.5 Å². The SMILES string of the molecule is CC(C)(C)c1cc(C(=O)NCCCc2nc3ccccc3o2)nc(=O)[nH]1. The molecule has 2 aromatic heterocycles. The number of hydrogen-bond donors (Lipinski definition) is 2. The fraction of sp³-hybridized carbons (Fsp3) is 0.368. The maximum absolute atomic E-state index is 12.3. The number of aromatic amines is 1. The number of fused-ring (bicyclic) bond motifs is 1. The summed E-state index contributed by atoms with van der Waals surface area (Å²) in [6, 6.07) is 9.21. The molecule has 0 bridgehead atoms. The van der Waals surface area contributed by atoms with Crippen molar-refractivity contribution in [3.63, 3.8) is 0 Å². The van der Waals surface area contributed by atoms with Crippen LogP contribution in [0.1, 0.15) is 49.3 Å². The van der Waals surface area contributed by atoms with Crippen molar-refractivity contribution in [2.75, 3.05) is 6.54 Å². The van der Waals surface area contributed by atoms with Crippen LogP contribution >= 0.6 is 0 Å². The minimum Gasteiger partial charge on any atom is -0.441 e. The number of hydrogen-bond acceptors (Lipinski definition) is 5. The van der Waals surface area contributed by atoms with Gasteiger partial charge >= 0.3 is 5.69 Å². The smallest absolute Gasteiger partial charge is 0.345 e. The molecule has 1 amide bonds. The lowest BCUT2D eigenvalue weighted by molar-refractivity contribution is 0.0947. The molecule has 0 atom stereocenters. The number of para-hydroxylation sites is 2. The molecule has 7 nitrogen and oxygen atoms in total. The predicted octanol–water partition coefficient (Wildman–Crippen LogP) is 2.57. The average Bonchev–Trinajstić information content (AvgIpc) is 3.00. The zero-order chi connectivity index (χ0) is 18.7. The van der Waals surface area contributed by atoms with E-state index in [2.05, 4.69) is 20.3 Å². The average molecular weight is 354 g/mol. The molecule has 0 unspecified atom stereocenters. The molecule has 3 aromatic rings. The number of oxazole rings is 1. The van der Waals surface area contributed by atoms with Gasteiger partial charge in [-0.05, 0) is 24.6 Å². The van der Waals surface area contributed by atoms with E-state index in [0.717, 1.165) is 11.1 Å². The number of carbonyl (C=O) groups excluding carboxylic acids is 1. The molecule has 0 radical (unpaired) electrons. The van der Waals surface area contributed by atoms with Gasteiger partial charge in [0.1, 0.15) is 11.2 Å². The molecule has 136 valence electrons. The molecule has 0 aliphatic rings. The molecule has 2 heterocycles. The molecule has 0 aliphatic carbocycles. The number of carbonyl (C=O) groups is 1. The second-order valence-corrected chi connectivity index (χ2v) is 7.17. The summed E-state index contributed by atoms with van der Waals surface area (Å²) in [5, 5.41) is 2.79. The highest BCUT2D eigenvalue weighted by Gasteiger charge is 2.18. The fourth-order valence-electron chi connectivity index (χ4n) is 2.54. The van der Waals surface area contributed by atoms with Crippen molar-refractivity contribution in [1.82, 2.24) is 20.3 Å². The van der Waals surface area contributed by atoms with Crippen LogP contribution in [0, 0.1) is 0 Å². The van der Waals surface area contributed by atoms with Crippen molar-refractivity contribution in [2.24, 2.45) is 0 Å². The molecule has 0 spiro atoms. The minimum atomic E-state index is -0.519. The van der Waals surface area contributed by atoms with Crippen LogP contribution in [-0.2, 0) is 11.8 Å². The van der Waals surface area contributed by atoms with E-state index < -0.39 is 5.69 Å². The summed E-state index contributed by atoms with van der Waals surface area (Å²) < 4.78 is 5.65. The van der Waals surface area contributed by atoms with Gasteiger partial charge in [-0.2, -0.15) is 4.98 Å². The van der Waals surface area contributed by atoms with Crippen molar-refractivity contribution in [3.05, 3.63) is 58.1 Å². The van der Waals surface area contributed by atoms with Crippen LogP contribution in [0.5, 0.6) is 0 Å². The quantitative estimate of drug-likeness (QED) is 0.686. The van der Waals surface area contributed by atoms with E-state index in [9.17, 15) is 9.59 Å². The maximum Gasteiger partial charge on any atom is 0.345 e. The van der Waals surface area contributed by atoms with Gasteiger partial charge in [-0.25, -0.2) is 9.78 Å². The van der Waals surface area contributed by atoms with Gasteiger partial charge in [0.2, 0.25) is 0 Å². The first-order valence-electron chi connectivity index (χ1n) is 8.57. The van der Waals surface area contributed by atoms with E-state index in [1.165, 1.54) is 0 Å². The largest absolute Gasteiger partial charge is 0.441 e. The molecule has 1 aromatic carbocycles. The summed E-state index contributed by atoms with van der Waals surface area (Å²) >= 11 is 0. The van der Waals surface area contributed by atoms with Gasteiger partial charge in [0, 0.05) is 24.1 Å². The second-order valence-electron chi connectivity index (χ2n) is 7.17. The van der Waals surface area contributed by atoms with E-state index >= 15 is 0 Å². The maximum atomic E-state index is 12.3. The fourth-order valence-corrected chi connectivity index (χ4v) is 2.54. The molecule has 0 aliphatic heterocycles. The van der Waals surface area contributed by atoms with E-state index in [1.54, 1.807) is 6.07 Å². The van der Waals surface area contributed by atoms with E-state index in [-0.39, 0.29) is 17.0 Å². The van der Waals surface area contributed by atoms with Crippen LogP contribution in [0.3, 0.4) is 0 Å². The van der Waals surface area contributed by atoms with E-state index in [1.807, 2.05) is 45.0 Å². The monoisotopic (exact) mass is 354 g/mol. The Hall–Kier alpha value is -2.96. The Morgan fingerprint density at radius 3 is 2.73 bits per heavy atom. The van der Waals surface area contributed by atoms with Crippen molar-refractivity contribution < 1.29 is 9.21 Å². The highest BCUT2D eigenvalue weighted by Crippen LogP contribution is 2.19.